The Morgan fingerprint density at radius 2 is 1.74 bits per heavy atom. The van der Waals surface area contributed by atoms with Gasteiger partial charge >= 0.3 is 5.97 Å². The lowest BCUT2D eigenvalue weighted by molar-refractivity contribution is -0.137. The minimum atomic E-state index is -3.00. The Morgan fingerprint density at radius 3 is 2.37 bits per heavy atom. The summed E-state index contributed by atoms with van der Waals surface area (Å²) in [5.74, 6) is 1.69. The maximum atomic E-state index is 12.7. The number of benzene rings is 2. The van der Waals surface area contributed by atoms with Crippen molar-refractivity contribution < 1.29 is 32.3 Å². The van der Waals surface area contributed by atoms with Gasteiger partial charge in [-0.25, -0.2) is 8.42 Å². The molecule has 3 aromatic rings. The van der Waals surface area contributed by atoms with E-state index in [9.17, 15) is 18.0 Å². The maximum absolute atomic E-state index is 12.7. The Hall–Kier alpha value is -3.79. The fraction of sp³-hybridized carbons (Fsp3) is 0.455. The Kier molecular flexibility index (Phi) is 10.9. The van der Waals surface area contributed by atoms with Gasteiger partial charge in [0.2, 0.25) is 0 Å². The van der Waals surface area contributed by atoms with E-state index in [-0.39, 0.29) is 30.7 Å². The van der Waals surface area contributed by atoms with E-state index in [0.717, 1.165) is 41.2 Å². The average molecular weight is 611 g/mol. The van der Waals surface area contributed by atoms with Crippen LogP contribution in [0.5, 0.6) is 5.75 Å². The Balaban J connectivity index is 1.48. The molecule has 0 spiro atoms. The molecule has 10 heteroatoms. The first-order valence-electron chi connectivity index (χ1n) is 14.9. The monoisotopic (exact) mass is 610 g/mol. The van der Waals surface area contributed by atoms with Gasteiger partial charge in [0.15, 0.2) is 0 Å². The zero-order valence-electron chi connectivity index (χ0n) is 25.2. The molecule has 0 bridgehead atoms. The largest absolute Gasteiger partial charge is 0.494 e. The molecule has 1 fully saturated rings. The van der Waals surface area contributed by atoms with Crippen molar-refractivity contribution in [2.75, 3.05) is 37.5 Å². The molecule has 1 heterocycles. The molecule has 1 aliphatic carbocycles. The lowest BCUT2D eigenvalue weighted by Gasteiger charge is -2.31. The van der Waals surface area contributed by atoms with Crippen LogP contribution in [0.25, 0.3) is 11.3 Å². The smallest absolute Gasteiger partial charge is 0.305 e. The van der Waals surface area contributed by atoms with E-state index in [4.69, 9.17) is 14.3 Å². The van der Waals surface area contributed by atoms with E-state index in [2.05, 4.69) is 11.4 Å². The lowest BCUT2D eigenvalue weighted by atomic mass is 9.81. The van der Waals surface area contributed by atoms with Crippen LogP contribution < -0.4 is 10.1 Å². The summed E-state index contributed by atoms with van der Waals surface area (Å²) in [5, 5.41) is 12.6. The van der Waals surface area contributed by atoms with Crippen molar-refractivity contribution >= 4 is 27.4 Å². The maximum Gasteiger partial charge on any atom is 0.305 e. The molecule has 0 saturated heterocycles. The second kappa shape index (κ2) is 14.6. The van der Waals surface area contributed by atoms with Gasteiger partial charge in [-0.1, -0.05) is 19.3 Å². The number of rotatable bonds is 14. The van der Waals surface area contributed by atoms with Crippen molar-refractivity contribution in [1.82, 2.24) is 4.90 Å². The number of amides is 1. The predicted molar refractivity (Wildman–Crippen MR) is 167 cm³/mol. The quantitative estimate of drug-likeness (QED) is 0.202. The Labute approximate surface area is 254 Å². The molecule has 1 saturated carbocycles. The van der Waals surface area contributed by atoms with Crippen LogP contribution >= 0.6 is 0 Å². The van der Waals surface area contributed by atoms with Crippen LogP contribution in [0.4, 0.5) is 5.69 Å². The molecule has 0 aliphatic heterocycles. The summed E-state index contributed by atoms with van der Waals surface area (Å²) in [4.78, 5) is 25.0. The first kappa shape index (κ1) is 32.1. The number of aliphatic carboxylic acids is 1. The summed E-state index contributed by atoms with van der Waals surface area (Å²) in [6.45, 7) is 2.48. The van der Waals surface area contributed by atoms with E-state index in [1.54, 1.807) is 19.2 Å². The number of carbonyl (C=O) groups is 2. The normalized spacial score (nSPS) is 14.7. The molecule has 2 aromatic carbocycles. The number of carboxylic acids is 1. The first-order chi connectivity index (χ1) is 20.5. The van der Waals surface area contributed by atoms with Crippen LogP contribution in [0.1, 0.15) is 72.7 Å². The summed E-state index contributed by atoms with van der Waals surface area (Å²) in [6, 6.07) is 17.1. The number of sulfone groups is 1. The third kappa shape index (κ3) is 9.35. The molecule has 1 unspecified atom stereocenters. The Morgan fingerprint density at radius 1 is 1.07 bits per heavy atom. The number of hydrogen-bond acceptors (Lipinski definition) is 7. The fourth-order valence-corrected chi connectivity index (χ4v) is 6.21. The van der Waals surface area contributed by atoms with Gasteiger partial charge in [-0.15, -0.1) is 0 Å². The van der Waals surface area contributed by atoms with Gasteiger partial charge in [0.05, 0.1) is 24.8 Å². The number of carbonyl (C=O) groups excluding carboxylic acids is 1. The van der Waals surface area contributed by atoms with E-state index >= 15 is 0 Å². The number of nitrogens with zero attached hydrogens (tertiary/aromatic N) is 1. The van der Waals surface area contributed by atoms with Crippen molar-refractivity contribution in [3.05, 3.63) is 71.5 Å². The van der Waals surface area contributed by atoms with Crippen LogP contribution in [0.3, 0.4) is 0 Å². The number of anilines is 1. The highest BCUT2D eigenvalue weighted by atomic mass is 32.2. The molecule has 1 aliphatic rings. The highest BCUT2D eigenvalue weighted by Gasteiger charge is 2.29. The summed E-state index contributed by atoms with van der Waals surface area (Å²) in [6.07, 6.45) is 7.43. The van der Waals surface area contributed by atoms with Gasteiger partial charge in [0.25, 0.3) is 5.91 Å². The zero-order chi connectivity index (χ0) is 31.0. The van der Waals surface area contributed by atoms with E-state index in [0.29, 0.717) is 30.3 Å². The molecule has 4 rings (SSSR count). The zero-order valence-corrected chi connectivity index (χ0v) is 26.0. The first-order valence-corrected chi connectivity index (χ1v) is 16.9. The SMILES string of the molecule is Cc1oc(-c2ccc(OCCCS(C)(=O)=O)cc2)cc1C(Nc1ccc(C(=O)N(C)CCC(=O)O)cc1)C1CCCCC1. The van der Waals surface area contributed by atoms with Gasteiger partial charge in [0.1, 0.15) is 27.1 Å². The summed E-state index contributed by atoms with van der Waals surface area (Å²) >= 11 is 0. The van der Waals surface area contributed by atoms with Crippen LogP contribution in [-0.4, -0.2) is 62.5 Å². The number of ether oxygens (including phenoxy) is 1. The van der Waals surface area contributed by atoms with Gasteiger partial charge in [-0.3, -0.25) is 9.59 Å². The van der Waals surface area contributed by atoms with Crippen LogP contribution in [-0.2, 0) is 14.6 Å². The van der Waals surface area contributed by atoms with Crippen LogP contribution in [0.2, 0.25) is 0 Å². The van der Waals surface area contributed by atoms with Gasteiger partial charge in [-0.05, 0) is 86.7 Å². The molecular weight excluding hydrogens is 568 g/mol. The molecule has 0 radical (unpaired) electrons. The number of furan rings is 1. The van der Waals surface area contributed by atoms with Crippen molar-refractivity contribution in [3.63, 3.8) is 0 Å². The topological polar surface area (TPSA) is 126 Å². The van der Waals surface area contributed by atoms with Crippen molar-refractivity contribution in [3.8, 4) is 17.1 Å². The van der Waals surface area contributed by atoms with Gasteiger partial charge < -0.3 is 24.5 Å². The second-order valence-electron chi connectivity index (χ2n) is 11.4. The van der Waals surface area contributed by atoms with Crippen molar-refractivity contribution in [2.45, 2.75) is 57.9 Å². The fourth-order valence-electron chi connectivity index (χ4n) is 5.56. The minimum Gasteiger partial charge on any atom is -0.494 e. The summed E-state index contributed by atoms with van der Waals surface area (Å²) in [7, 11) is -1.39. The Bertz CT molecular complexity index is 1470. The summed E-state index contributed by atoms with van der Waals surface area (Å²) in [5.41, 5.74) is 3.45. The number of carboxylic acid groups (broad SMARTS) is 1. The van der Waals surface area contributed by atoms with E-state index in [1.807, 2.05) is 43.3 Å². The lowest BCUT2D eigenvalue weighted by Crippen LogP contribution is -2.29. The third-order valence-corrected chi connectivity index (χ3v) is 8.97. The highest BCUT2D eigenvalue weighted by molar-refractivity contribution is 7.90. The number of hydrogen-bond donors (Lipinski definition) is 2. The molecule has 1 atom stereocenters. The van der Waals surface area contributed by atoms with E-state index in [1.165, 1.54) is 30.4 Å². The molecule has 1 aromatic heterocycles. The molecule has 232 valence electrons. The standard InChI is InChI=1S/C33H42N2O7S/c1-23-29(22-30(42-23)24-12-16-28(17-13-24)41-20-7-21-43(3,39)40)32(25-8-5-4-6-9-25)34-27-14-10-26(11-15-27)33(38)35(2)19-18-31(36)37/h10-17,22,25,32,34H,4-9,18-21H2,1-3H3,(H,36,37). The molecular formula is C33H42N2O7S. The van der Waals surface area contributed by atoms with Crippen molar-refractivity contribution in [2.24, 2.45) is 5.92 Å². The van der Waals surface area contributed by atoms with Crippen LogP contribution in [0, 0.1) is 12.8 Å². The third-order valence-electron chi connectivity index (χ3n) is 7.94. The minimum absolute atomic E-state index is 0.0371. The second-order valence-corrected chi connectivity index (χ2v) is 13.7. The number of aryl methyl sites for hydroxylation is 1. The van der Waals surface area contributed by atoms with Crippen LogP contribution in [0.15, 0.2) is 59.0 Å². The molecule has 43 heavy (non-hydrogen) atoms. The average Bonchev–Trinajstić information content (AvgIpc) is 3.38. The molecule has 9 nitrogen and oxygen atoms in total. The number of nitrogens with one attached hydrogen (secondary N) is 1. The predicted octanol–water partition coefficient (Wildman–Crippen LogP) is 6.35. The van der Waals surface area contributed by atoms with Crippen molar-refractivity contribution in [1.29, 1.82) is 0 Å². The van der Waals surface area contributed by atoms with E-state index < -0.39 is 15.8 Å². The molecule has 1 amide bonds. The van der Waals surface area contributed by atoms with Gasteiger partial charge in [-0.2, -0.15) is 0 Å². The highest BCUT2D eigenvalue weighted by Crippen LogP contribution is 2.40. The molecule has 2 N–H and O–H groups in total. The van der Waals surface area contributed by atoms with Gasteiger partial charge in [0, 0.05) is 42.2 Å². The summed E-state index contributed by atoms with van der Waals surface area (Å²) < 4.78 is 34.6.